The smallest absolute Gasteiger partial charge is 0.214 e. The number of hydrogen-bond acceptors (Lipinski definition) is 2. The van der Waals surface area contributed by atoms with E-state index in [9.17, 15) is 4.79 Å². The predicted octanol–water partition coefficient (Wildman–Crippen LogP) is 1.09. The second-order valence-electron chi connectivity index (χ2n) is 3.39. The number of nitrogens with two attached hydrogens (primary N) is 1. The Morgan fingerprint density at radius 3 is 1.92 bits per heavy atom. The molecule has 3 heteroatoms. The number of amides is 1. The Bertz CT molecular complexity index is 109. The number of hydrogen-bond donors (Lipinski definition) is 1. The van der Waals surface area contributed by atoms with Gasteiger partial charge in [0.25, 0.3) is 0 Å². The zero-order chi connectivity index (χ0) is 10.1. The van der Waals surface area contributed by atoms with E-state index in [4.69, 9.17) is 0 Å². The Morgan fingerprint density at radius 1 is 1.50 bits per heavy atom. The first-order valence-corrected chi connectivity index (χ1v) is 4.30. The van der Waals surface area contributed by atoms with Crippen LogP contribution in [0.2, 0.25) is 0 Å². The molecule has 0 heterocycles. The fourth-order valence-corrected chi connectivity index (χ4v) is 0.752. The molecule has 1 atom stereocenters. The molecule has 0 aromatic heterocycles. The summed E-state index contributed by atoms with van der Waals surface area (Å²) in [6.45, 7) is 7.03. The molecule has 2 N–H and O–H groups in total. The standard InChI is InChI=1S/C7H17N.C2H5NO/c1-5-7(2)6-8(3)4;1-2(3)4/h7H,5-6H2,1-4H3;1H3,(H2,3,4). The lowest BCUT2D eigenvalue weighted by molar-refractivity contribution is -0.115. The zero-order valence-electron chi connectivity index (χ0n) is 8.92. The van der Waals surface area contributed by atoms with E-state index >= 15 is 0 Å². The van der Waals surface area contributed by atoms with Crippen LogP contribution >= 0.6 is 0 Å². The molecule has 0 aliphatic carbocycles. The van der Waals surface area contributed by atoms with Gasteiger partial charge in [-0.2, -0.15) is 0 Å². The molecule has 12 heavy (non-hydrogen) atoms. The van der Waals surface area contributed by atoms with E-state index in [0.29, 0.717) is 0 Å². The second-order valence-corrected chi connectivity index (χ2v) is 3.39. The van der Waals surface area contributed by atoms with Gasteiger partial charge in [0.15, 0.2) is 0 Å². The summed E-state index contributed by atoms with van der Waals surface area (Å²) >= 11 is 0. The third-order valence-electron chi connectivity index (χ3n) is 1.37. The predicted molar refractivity (Wildman–Crippen MR) is 52.9 cm³/mol. The van der Waals surface area contributed by atoms with Gasteiger partial charge in [-0.25, -0.2) is 0 Å². The topological polar surface area (TPSA) is 46.3 Å². The van der Waals surface area contributed by atoms with Gasteiger partial charge in [-0.3, -0.25) is 4.79 Å². The third kappa shape index (κ3) is 22.7. The summed E-state index contributed by atoms with van der Waals surface area (Å²) in [4.78, 5) is 11.5. The van der Waals surface area contributed by atoms with Crippen molar-refractivity contribution in [2.24, 2.45) is 11.7 Å². The van der Waals surface area contributed by atoms with Crippen molar-refractivity contribution < 1.29 is 4.79 Å². The largest absolute Gasteiger partial charge is 0.370 e. The lowest BCUT2D eigenvalue weighted by Crippen LogP contribution is -2.18. The number of primary amides is 1. The Labute approximate surface area is 75.9 Å². The molecule has 0 aromatic carbocycles. The van der Waals surface area contributed by atoms with Crippen LogP contribution in [-0.2, 0) is 4.79 Å². The maximum absolute atomic E-state index is 9.22. The molecule has 0 aliphatic heterocycles. The van der Waals surface area contributed by atoms with Gasteiger partial charge in [-0.15, -0.1) is 0 Å². The Morgan fingerprint density at radius 2 is 1.83 bits per heavy atom. The Hall–Kier alpha value is -0.570. The van der Waals surface area contributed by atoms with Gasteiger partial charge < -0.3 is 10.6 Å². The van der Waals surface area contributed by atoms with Crippen LogP contribution in [0.1, 0.15) is 27.2 Å². The molecule has 0 radical (unpaired) electrons. The summed E-state index contributed by atoms with van der Waals surface area (Å²) in [7, 11) is 4.23. The number of carbonyl (C=O) groups is 1. The minimum Gasteiger partial charge on any atom is -0.370 e. The fourth-order valence-electron chi connectivity index (χ4n) is 0.752. The average Bonchev–Trinajstić information content (AvgIpc) is 1.84. The fraction of sp³-hybridized carbons (Fsp3) is 0.889. The quantitative estimate of drug-likeness (QED) is 0.696. The van der Waals surface area contributed by atoms with Gasteiger partial charge in [0, 0.05) is 13.5 Å². The van der Waals surface area contributed by atoms with E-state index in [1.807, 2.05) is 0 Å². The van der Waals surface area contributed by atoms with Crippen LogP contribution in [0.15, 0.2) is 0 Å². The highest BCUT2D eigenvalue weighted by atomic mass is 16.1. The van der Waals surface area contributed by atoms with Crippen molar-refractivity contribution in [1.29, 1.82) is 0 Å². The molecular weight excluding hydrogens is 152 g/mol. The van der Waals surface area contributed by atoms with E-state index in [-0.39, 0.29) is 5.91 Å². The first kappa shape index (κ1) is 14.0. The van der Waals surface area contributed by atoms with E-state index in [2.05, 4.69) is 38.6 Å². The highest BCUT2D eigenvalue weighted by molar-refractivity contribution is 5.70. The van der Waals surface area contributed by atoms with E-state index in [0.717, 1.165) is 5.92 Å². The molecule has 0 aromatic rings. The van der Waals surface area contributed by atoms with Crippen molar-refractivity contribution in [2.75, 3.05) is 20.6 Å². The van der Waals surface area contributed by atoms with Crippen LogP contribution < -0.4 is 5.73 Å². The van der Waals surface area contributed by atoms with Crippen molar-refractivity contribution in [3.63, 3.8) is 0 Å². The number of rotatable bonds is 3. The minimum absolute atomic E-state index is 0.333. The monoisotopic (exact) mass is 174 g/mol. The highest BCUT2D eigenvalue weighted by Gasteiger charge is 1.97. The summed E-state index contributed by atoms with van der Waals surface area (Å²) in [5.74, 6) is 0.519. The molecular formula is C9H22N2O. The van der Waals surface area contributed by atoms with Crippen molar-refractivity contribution in [2.45, 2.75) is 27.2 Å². The average molecular weight is 174 g/mol. The molecule has 1 unspecified atom stereocenters. The SMILES string of the molecule is CC(N)=O.CCC(C)CN(C)C. The van der Waals surface area contributed by atoms with E-state index in [1.165, 1.54) is 19.9 Å². The number of nitrogens with zero attached hydrogens (tertiary/aromatic N) is 1. The van der Waals surface area contributed by atoms with E-state index < -0.39 is 0 Å². The second kappa shape index (κ2) is 8.53. The Kier molecular flexibility index (Phi) is 9.93. The molecule has 0 spiro atoms. The first-order chi connectivity index (χ1) is 5.40. The van der Waals surface area contributed by atoms with Crippen LogP contribution in [-0.4, -0.2) is 31.4 Å². The maximum Gasteiger partial charge on any atom is 0.214 e. The molecule has 0 fully saturated rings. The summed E-state index contributed by atoms with van der Waals surface area (Å²) in [5.41, 5.74) is 4.47. The van der Waals surface area contributed by atoms with Crippen LogP contribution in [0.25, 0.3) is 0 Å². The summed E-state index contributed by atoms with van der Waals surface area (Å²) < 4.78 is 0. The van der Waals surface area contributed by atoms with Crippen LogP contribution in [0.5, 0.6) is 0 Å². The van der Waals surface area contributed by atoms with Crippen LogP contribution in [0.4, 0.5) is 0 Å². The van der Waals surface area contributed by atoms with Crippen LogP contribution in [0.3, 0.4) is 0 Å². The van der Waals surface area contributed by atoms with E-state index in [1.54, 1.807) is 0 Å². The van der Waals surface area contributed by atoms with Crippen molar-refractivity contribution >= 4 is 5.91 Å². The van der Waals surface area contributed by atoms with Gasteiger partial charge in [0.1, 0.15) is 0 Å². The molecule has 0 saturated carbocycles. The summed E-state index contributed by atoms with van der Waals surface area (Å²) in [6, 6.07) is 0. The van der Waals surface area contributed by atoms with Gasteiger partial charge in [0.05, 0.1) is 0 Å². The molecule has 1 amide bonds. The highest BCUT2D eigenvalue weighted by Crippen LogP contribution is 1.99. The lowest BCUT2D eigenvalue weighted by Gasteiger charge is -2.13. The minimum atomic E-state index is -0.333. The molecule has 74 valence electrons. The van der Waals surface area contributed by atoms with Gasteiger partial charge in [0.2, 0.25) is 5.91 Å². The first-order valence-electron chi connectivity index (χ1n) is 4.30. The number of carbonyl (C=O) groups excluding carboxylic acids is 1. The molecule has 0 rings (SSSR count). The van der Waals surface area contributed by atoms with Crippen molar-refractivity contribution in [3.05, 3.63) is 0 Å². The zero-order valence-corrected chi connectivity index (χ0v) is 8.92. The summed E-state index contributed by atoms with van der Waals surface area (Å²) in [5, 5.41) is 0. The van der Waals surface area contributed by atoms with Gasteiger partial charge in [-0.1, -0.05) is 20.3 Å². The van der Waals surface area contributed by atoms with Crippen LogP contribution in [0, 0.1) is 5.92 Å². The lowest BCUT2D eigenvalue weighted by atomic mass is 10.1. The normalized spacial score (nSPS) is 11.8. The third-order valence-corrected chi connectivity index (χ3v) is 1.37. The Balaban J connectivity index is 0. The molecule has 0 saturated heterocycles. The summed E-state index contributed by atoms with van der Waals surface area (Å²) in [6.07, 6.45) is 1.29. The van der Waals surface area contributed by atoms with Crippen molar-refractivity contribution in [1.82, 2.24) is 4.90 Å². The van der Waals surface area contributed by atoms with Gasteiger partial charge >= 0.3 is 0 Å². The van der Waals surface area contributed by atoms with Gasteiger partial charge in [-0.05, 0) is 20.0 Å². The van der Waals surface area contributed by atoms with Crippen molar-refractivity contribution in [3.8, 4) is 0 Å². The molecule has 0 aliphatic rings. The maximum atomic E-state index is 9.22. The molecule has 0 bridgehead atoms. The molecule has 3 nitrogen and oxygen atoms in total.